The minimum Gasteiger partial charge on any atom is -0.341 e. The molecule has 0 aromatic heterocycles. The lowest BCUT2D eigenvalue weighted by Gasteiger charge is -2.32. The van der Waals surface area contributed by atoms with Gasteiger partial charge in [0.2, 0.25) is 5.91 Å². The van der Waals surface area contributed by atoms with Crippen molar-refractivity contribution in [3.63, 3.8) is 0 Å². The van der Waals surface area contributed by atoms with Gasteiger partial charge in [0, 0.05) is 19.0 Å². The number of hydrogen-bond donors (Lipinski definition) is 0. The Hall–Kier alpha value is -0.530. The van der Waals surface area contributed by atoms with Gasteiger partial charge in [0.15, 0.2) is 0 Å². The molecule has 2 heteroatoms. The zero-order chi connectivity index (χ0) is 13.0. The van der Waals surface area contributed by atoms with Crippen molar-refractivity contribution in [2.45, 2.75) is 72.8 Å². The minimum absolute atomic E-state index is 0.0545. The maximum Gasteiger partial charge on any atom is 0.222 e. The summed E-state index contributed by atoms with van der Waals surface area (Å²) in [5.41, 5.74) is 0.333. The van der Waals surface area contributed by atoms with E-state index in [1.165, 1.54) is 6.42 Å². The summed E-state index contributed by atoms with van der Waals surface area (Å²) in [5.74, 6) is 0.265. The number of carbonyl (C=O) groups excluding carboxylic acids is 1. The van der Waals surface area contributed by atoms with Gasteiger partial charge in [0.05, 0.1) is 0 Å². The average Bonchev–Trinajstić information content (AvgIpc) is 2.07. The van der Waals surface area contributed by atoms with E-state index in [2.05, 4.69) is 41.5 Å². The maximum atomic E-state index is 11.8. The number of carbonyl (C=O) groups is 1. The first kappa shape index (κ1) is 15.5. The molecule has 0 saturated heterocycles. The highest BCUT2D eigenvalue weighted by Gasteiger charge is 2.21. The van der Waals surface area contributed by atoms with Crippen LogP contribution in [-0.2, 0) is 4.79 Å². The van der Waals surface area contributed by atoms with Gasteiger partial charge in [-0.15, -0.1) is 0 Å². The number of nitrogens with zero attached hydrogens (tertiary/aromatic N) is 1. The molecule has 0 aliphatic carbocycles. The molecule has 0 atom stereocenters. The van der Waals surface area contributed by atoms with Crippen LogP contribution in [0.3, 0.4) is 0 Å². The number of amides is 1. The second-order valence-corrected chi connectivity index (χ2v) is 6.89. The monoisotopic (exact) mass is 227 g/mol. The summed E-state index contributed by atoms with van der Waals surface area (Å²) in [6.07, 6.45) is 4.03. The Morgan fingerprint density at radius 2 is 1.50 bits per heavy atom. The molecule has 1 amide bonds. The van der Waals surface area contributed by atoms with Gasteiger partial charge in [-0.3, -0.25) is 4.79 Å². The zero-order valence-corrected chi connectivity index (χ0v) is 12.2. The van der Waals surface area contributed by atoms with Crippen LogP contribution in [0.2, 0.25) is 0 Å². The minimum atomic E-state index is -0.0545. The van der Waals surface area contributed by atoms with E-state index in [4.69, 9.17) is 0 Å². The summed E-state index contributed by atoms with van der Waals surface area (Å²) in [7, 11) is 1.89. The molecule has 96 valence electrons. The molecule has 16 heavy (non-hydrogen) atoms. The van der Waals surface area contributed by atoms with Crippen molar-refractivity contribution in [1.29, 1.82) is 0 Å². The Balaban J connectivity index is 3.83. The van der Waals surface area contributed by atoms with Gasteiger partial charge in [0.25, 0.3) is 0 Å². The van der Waals surface area contributed by atoms with E-state index in [0.29, 0.717) is 11.8 Å². The van der Waals surface area contributed by atoms with E-state index in [9.17, 15) is 4.79 Å². The second-order valence-electron chi connectivity index (χ2n) is 6.89. The molecule has 0 N–H and O–H groups in total. The average molecular weight is 227 g/mol. The molecule has 0 spiro atoms. The van der Waals surface area contributed by atoms with Gasteiger partial charge in [-0.1, -0.05) is 27.2 Å². The third kappa shape index (κ3) is 6.86. The van der Waals surface area contributed by atoms with Gasteiger partial charge in [-0.2, -0.15) is 0 Å². The lowest BCUT2D eigenvalue weighted by atomic mass is 9.89. The van der Waals surface area contributed by atoms with Crippen LogP contribution in [-0.4, -0.2) is 23.4 Å². The molecule has 0 aliphatic rings. The highest BCUT2D eigenvalue weighted by Crippen LogP contribution is 2.22. The first-order chi connectivity index (χ1) is 7.04. The van der Waals surface area contributed by atoms with Crippen LogP contribution in [0.15, 0.2) is 0 Å². The summed E-state index contributed by atoms with van der Waals surface area (Å²) in [6.45, 7) is 12.9. The standard InChI is InChI=1S/C14H29NO/c1-13(2,3)11-9-8-10-12(16)15(7)14(4,5)6/h8-11H2,1-7H3. The van der Waals surface area contributed by atoms with Crippen LogP contribution in [0, 0.1) is 5.41 Å². The summed E-state index contributed by atoms with van der Waals surface area (Å²) in [4.78, 5) is 13.7. The van der Waals surface area contributed by atoms with Gasteiger partial charge in [-0.25, -0.2) is 0 Å². The van der Waals surface area contributed by atoms with E-state index >= 15 is 0 Å². The molecule has 0 bridgehead atoms. The van der Waals surface area contributed by atoms with E-state index < -0.39 is 0 Å². The second kappa shape index (κ2) is 5.70. The van der Waals surface area contributed by atoms with E-state index in [-0.39, 0.29) is 11.4 Å². The van der Waals surface area contributed by atoms with Crippen LogP contribution in [0.5, 0.6) is 0 Å². The van der Waals surface area contributed by atoms with Crippen molar-refractivity contribution in [3.05, 3.63) is 0 Å². The van der Waals surface area contributed by atoms with E-state index in [1.54, 1.807) is 0 Å². The predicted octanol–water partition coefficient (Wildman–Crippen LogP) is 3.85. The Bertz CT molecular complexity index is 220. The fourth-order valence-corrected chi connectivity index (χ4v) is 1.47. The molecule has 0 aromatic carbocycles. The van der Waals surface area contributed by atoms with Crippen LogP contribution < -0.4 is 0 Å². The van der Waals surface area contributed by atoms with E-state index in [0.717, 1.165) is 12.8 Å². The Morgan fingerprint density at radius 1 is 1.00 bits per heavy atom. The van der Waals surface area contributed by atoms with Gasteiger partial charge >= 0.3 is 0 Å². The maximum absolute atomic E-state index is 11.8. The third-order valence-electron chi connectivity index (χ3n) is 2.95. The molecule has 2 nitrogen and oxygen atoms in total. The zero-order valence-electron chi connectivity index (χ0n) is 12.2. The molecule has 0 aromatic rings. The smallest absolute Gasteiger partial charge is 0.222 e. The van der Waals surface area contributed by atoms with Crippen molar-refractivity contribution < 1.29 is 4.79 Å². The first-order valence-electron chi connectivity index (χ1n) is 6.31. The van der Waals surface area contributed by atoms with Crippen molar-refractivity contribution in [1.82, 2.24) is 4.90 Å². The molecule has 0 aliphatic heterocycles. The first-order valence-corrected chi connectivity index (χ1v) is 6.31. The lowest BCUT2D eigenvalue weighted by molar-refractivity contribution is -0.134. The molecule has 0 heterocycles. The van der Waals surface area contributed by atoms with Crippen molar-refractivity contribution in [3.8, 4) is 0 Å². The third-order valence-corrected chi connectivity index (χ3v) is 2.95. The van der Waals surface area contributed by atoms with Crippen LogP contribution in [0.1, 0.15) is 67.2 Å². The highest BCUT2D eigenvalue weighted by molar-refractivity contribution is 5.76. The molecule has 0 rings (SSSR count). The Labute approximate surface area is 101 Å². The van der Waals surface area contributed by atoms with Crippen molar-refractivity contribution >= 4 is 5.91 Å². The number of rotatable bonds is 4. The van der Waals surface area contributed by atoms with Crippen LogP contribution in [0.4, 0.5) is 0 Å². The summed E-state index contributed by atoms with van der Waals surface area (Å²) in [6, 6.07) is 0. The highest BCUT2D eigenvalue weighted by atomic mass is 16.2. The van der Waals surface area contributed by atoms with Crippen molar-refractivity contribution in [2.75, 3.05) is 7.05 Å². The molecule has 0 radical (unpaired) electrons. The van der Waals surface area contributed by atoms with Gasteiger partial charge in [0.1, 0.15) is 0 Å². The van der Waals surface area contributed by atoms with Crippen LogP contribution in [0.25, 0.3) is 0 Å². The quantitative estimate of drug-likeness (QED) is 0.668. The topological polar surface area (TPSA) is 20.3 Å². The molecule has 0 fully saturated rings. The molecule has 0 saturated carbocycles. The molecule has 0 unspecified atom stereocenters. The summed E-state index contributed by atoms with van der Waals surface area (Å²) >= 11 is 0. The summed E-state index contributed by atoms with van der Waals surface area (Å²) in [5, 5.41) is 0. The largest absolute Gasteiger partial charge is 0.341 e. The lowest BCUT2D eigenvalue weighted by Crippen LogP contribution is -2.42. The fourth-order valence-electron chi connectivity index (χ4n) is 1.47. The Morgan fingerprint density at radius 3 is 1.88 bits per heavy atom. The van der Waals surface area contributed by atoms with Crippen LogP contribution >= 0.6 is 0 Å². The normalized spacial score (nSPS) is 12.7. The van der Waals surface area contributed by atoms with E-state index in [1.807, 2.05) is 11.9 Å². The number of hydrogen-bond acceptors (Lipinski definition) is 1. The predicted molar refractivity (Wildman–Crippen MR) is 70.4 cm³/mol. The van der Waals surface area contributed by atoms with Gasteiger partial charge in [-0.05, 0) is 39.0 Å². The molecular weight excluding hydrogens is 198 g/mol. The SMILES string of the molecule is CN(C(=O)CCCCC(C)(C)C)C(C)(C)C. The Kier molecular flexibility index (Phi) is 5.51. The van der Waals surface area contributed by atoms with Gasteiger partial charge < -0.3 is 4.90 Å². The van der Waals surface area contributed by atoms with Crippen molar-refractivity contribution in [2.24, 2.45) is 5.41 Å². The molecular formula is C14H29NO. The fraction of sp³-hybridized carbons (Fsp3) is 0.929. The summed E-state index contributed by atoms with van der Waals surface area (Å²) < 4.78 is 0. The number of unbranched alkanes of at least 4 members (excludes halogenated alkanes) is 1.